The van der Waals surface area contributed by atoms with Gasteiger partial charge in [-0.05, 0) is 37.1 Å². The van der Waals surface area contributed by atoms with Crippen LogP contribution in [0.25, 0.3) is 0 Å². The number of methoxy groups -OCH3 is 1. The molecule has 1 N–H and O–H groups in total. The number of benzene rings is 1. The first-order valence-electron chi connectivity index (χ1n) is 12.2. The number of carbonyl (C=O) groups is 2. The molecule has 1 aromatic heterocycles. The standard InChI is InChI=1S/C26H34N6O4/c1-5-24(33)31-14-12-30(13-15-31)16-20-6-8-21(9-7-20)18(2)28-25-27-11-10-23(29-25)32-22(19(3)35-4)17-36-26(32)34/h5-11,18-19,22H,1,12-17H2,2-4H3,(H,27,28,29)/t18-,19+,22?/m0/s1. The van der Waals surface area contributed by atoms with E-state index < -0.39 is 6.09 Å². The predicted molar refractivity (Wildman–Crippen MR) is 137 cm³/mol. The molecular formula is C26H34N6O4. The Kier molecular flexibility index (Phi) is 8.17. The molecule has 192 valence electrons. The number of nitrogens with zero attached hydrogens (tertiary/aromatic N) is 5. The van der Waals surface area contributed by atoms with E-state index in [0.29, 0.717) is 11.8 Å². The van der Waals surface area contributed by atoms with Crippen LogP contribution in [-0.2, 0) is 20.8 Å². The van der Waals surface area contributed by atoms with Gasteiger partial charge in [0, 0.05) is 46.0 Å². The predicted octanol–water partition coefficient (Wildman–Crippen LogP) is 2.84. The normalized spacial score (nSPS) is 20.1. The number of hydrogen-bond donors (Lipinski definition) is 1. The number of hydrogen-bond acceptors (Lipinski definition) is 8. The molecule has 0 spiro atoms. The van der Waals surface area contributed by atoms with Crippen molar-refractivity contribution in [1.29, 1.82) is 0 Å². The molecular weight excluding hydrogens is 460 g/mol. The van der Waals surface area contributed by atoms with Crippen LogP contribution >= 0.6 is 0 Å². The van der Waals surface area contributed by atoms with Gasteiger partial charge in [0.1, 0.15) is 18.5 Å². The first-order valence-corrected chi connectivity index (χ1v) is 12.2. The molecule has 4 rings (SSSR count). The molecule has 36 heavy (non-hydrogen) atoms. The van der Waals surface area contributed by atoms with E-state index in [0.717, 1.165) is 38.3 Å². The van der Waals surface area contributed by atoms with Gasteiger partial charge in [-0.1, -0.05) is 30.8 Å². The van der Waals surface area contributed by atoms with Crippen LogP contribution in [0, 0.1) is 0 Å². The molecule has 2 amide bonds. The van der Waals surface area contributed by atoms with Gasteiger partial charge in [0.05, 0.1) is 12.1 Å². The Labute approximate surface area is 211 Å². The lowest BCUT2D eigenvalue weighted by atomic mass is 10.1. The van der Waals surface area contributed by atoms with E-state index in [9.17, 15) is 9.59 Å². The molecule has 1 aromatic carbocycles. The van der Waals surface area contributed by atoms with E-state index in [4.69, 9.17) is 9.47 Å². The highest BCUT2D eigenvalue weighted by Crippen LogP contribution is 2.26. The molecule has 3 atom stereocenters. The van der Waals surface area contributed by atoms with E-state index in [1.807, 2.05) is 18.7 Å². The lowest BCUT2D eigenvalue weighted by Crippen LogP contribution is -2.47. The van der Waals surface area contributed by atoms with Crippen molar-refractivity contribution in [3.8, 4) is 0 Å². The summed E-state index contributed by atoms with van der Waals surface area (Å²) in [6.07, 6.45) is 2.37. The van der Waals surface area contributed by atoms with Crippen molar-refractivity contribution in [2.75, 3.05) is 50.1 Å². The smallest absolute Gasteiger partial charge is 0.416 e. The van der Waals surface area contributed by atoms with E-state index in [2.05, 4.69) is 51.0 Å². The van der Waals surface area contributed by atoms with Crippen molar-refractivity contribution in [1.82, 2.24) is 19.8 Å². The van der Waals surface area contributed by atoms with Gasteiger partial charge in [0.25, 0.3) is 0 Å². The number of amides is 2. The lowest BCUT2D eigenvalue weighted by molar-refractivity contribution is -0.127. The number of piperazine rings is 1. The van der Waals surface area contributed by atoms with Gasteiger partial charge >= 0.3 is 6.09 Å². The highest BCUT2D eigenvalue weighted by molar-refractivity contribution is 5.89. The Hall–Kier alpha value is -3.50. The van der Waals surface area contributed by atoms with Crippen LogP contribution in [0.15, 0.2) is 49.2 Å². The van der Waals surface area contributed by atoms with Gasteiger partial charge in [0.2, 0.25) is 11.9 Å². The summed E-state index contributed by atoms with van der Waals surface area (Å²) in [5.74, 6) is 0.903. The SMILES string of the molecule is C=CC(=O)N1CCN(Cc2ccc([C@H](C)Nc3nccc(N4C(=O)OCC4[C@@H](C)OC)n3)cc2)CC1. The van der Waals surface area contributed by atoms with Crippen LogP contribution in [0.1, 0.15) is 31.0 Å². The first kappa shape index (κ1) is 25.6. The van der Waals surface area contributed by atoms with Crippen LogP contribution in [0.2, 0.25) is 0 Å². The van der Waals surface area contributed by atoms with E-state index in [1.54, 1.807) is 19.4 Å². The van der Waals surface area contributed by atoms with Crippen molar-refractivity contribution in [3.05, 3.63) is 60.3 Å². The van der Waals surface area contributed by atoms with Crippen LogP contribution in [0.5, 0.6) is 0 Å². The zero-order valence-electron chi connectivity index (χ0n) is 21.1. The fraction of sp³-hybridized carbons (Fsp3) is 0.462. The fourth-order valence-corrected chi connectivity index (χ4v) is 4.46. The molecule has 0 radical (unpaired) electrons. The number of carbonyl (C=O) groups excluding carboxylic acids is 2. The second kappa shape index (κ2) is 11.5. The Balaban J connectivity index is 1.35. The fourth-order valence-electron chi connectivity index (χ4n) is 4.46. The third-order valence-electron chi connectivity index (χ3n) is 6.80. The average molecular weight is 495 g/mol. The Morgan fingerprint density at radius 3 is 2.61 bits per heavy atom. The molecule has 10 heteroatoms. The average Bonchev–Trinajstić information content (AvgIpc) is 3.30. The number of cyclic esters (lactones) is 1. The van der Waals surface area contributed by atoms with Crippen LogP contribution in [-0.4, -0.2) is 83.8 Å². The molecule has 2 saturated heterocycles. The Bertz CT molecular complexity index is 1070. The van der Waals surface area contributed by atoms with Gasteiger partial charge in [-0.25, -0.2) is 9.78 Å². The molecule has 0 saturated carbocycles. The third kappa shape index (κ3) is 5.83. The number of ether oxygens (including phenoxy) is 2. The summed E-state index contributed by atoms with van der Waals surface area (Å²) in [5.41, 5.74) is 2.32. The van der Waals surface area contributed by atoms with Gasteiger partial charge < -0.3 is 19.7 Å². The van der Waals surface area contributed by atoms with E-state index in [1.165, 1.54) is 16.5 Å². The van der Waals surface area contributed by atoms with E-state index >= 15 is 0 Å². The van der Waals surface area contributed by atoms with Crippen LogP contribution in [0.3, 0.4) is 0 Å². The second-order valence-corrected chi connectivity index (χ2v) is 9.11. The highest BCUT2D eigenvalue weighted by atomic mass is 16.6. The van der Waals surface area contributed by atoms with Crippen molar-refractivity contribution < 1.29 is 19.1 Å². The molecule has 1 unspecified atom stereocenters. The summed E-state index contributed by atoms with van der Waals surface area (Å²) >= 11 is 0. The first-order chi connectivity index (χ1) is 17.4. The second-order valence-electron chi connectivity index (χ2n) is 9.11. The zero-order chi connectivity index (χ0) is 25.7. The van der Waals surface area contributed by atoms with Crippen molar-refractivity contribution >= 4 is 23.8 Å². The molecule has 2 aromatic rings. The highest BCUT2D eigenvalue weighted by Gasteiger charge is 2.39. The molecule has 10 nitrogen and oxygen atoms in total. The summed E-state index contributed by atoms with van der Waals surface area (Å²) in [6.45, 7) is 11.8. The Morgan fingerprint density at radius 2 is 1.94 bits per heavy atom. The monoisotopic (exact) mass is 494 g/mol. The van der Waals surface area contributed by atoms with E-state index in [-0.39, 0.29) is 30.7 Å². The lowest BCUT2D eigenvalue weighted by Gasteiger charge is -2.34. The number of nitrogens with one attached hydrogen (secondary N) is 1. The van der Waals surface area contributed by atoms with Crippen LogP contribution in [0.4, 0.5) is 16.6 Å². The quantitative estimate of drug-likeness (QED) is 0.532. The third-order valence-corrected chi connectivity index (χ3v) is 6.80. The maximum absolute atomic E-state index is 12.3. The summed E-state index contributed by atoms with van der Waals surface area (Å²) < 4.78 is 10.6. The molecule has 3 heterocycles. The van der Waals surface area contributed by atoms with Gasteiger partial charge in [-0.3, -0.25) is 14.6 Å². The molecule has 2 aliphatic rings. The molecule has 2 aliphatic heterocycles. The zero-order valence-corrected chi connectivity index (χ0v) is 21.1. The van der Waals surface area contributed by atoms with Gasteiger partial charge in [-0.15, -0.1) is 0 Å². The summed E-state index contributed by atoms with van der Waals surface area (Å²) in [5, 5.41) is 3.33. The van der Waals surface area contributed by atoms with Crippen molar-refractivity contribution in [2.24, 2.45) is 0 Å². The number of rotatable bonds is 9. The van der Waals surface area contributed by atoms with Gasteiger partial charge in [-0.2, -0.15) is 4.98 Å². The molecule has 0 aliphatic carbocycles. The maximum Gasteiger partial charge on any atom is 0.416 e. The molecule has 2 fully saturated rings. The van der Waals surface area contributed by atoms with Crippen molar-refractivity contribution in [3.63, 3.8) is 0 Å². The maximum atomic E-state index is 12.3. The van der Waals surface area contributed by atoms with Crippen LogP contribution < -0.4 is 10.2 Å². The minimum Gasteiger partial charge on any atom is -0.447 e. The Morgan fingerprint density at radius 1 is 1.22 bits per heavy atom. The number of anilines is 2. The minimum absolute atomic E-state index is 0.000258. The summed E-state index contributed by atoms with van der Waals surface area (Å²) in [6, 6.07) is 9.86. The topological polar surface area (TPSA) is 100 Å². The minimum atomic E-state index is -0.439. The van der Waals surface area contributed by atoms with Gasteiger partial charge in [0.15, 0.2) is 0 Å². The summed E-state index contributed by atoms with van der Waals surface area (Å²) in [4.78, 5) is 38.7. The summed E-state index contributed by atoms with van der Waals surface area (Å²) in [7, 11) is 1.61. The largest absolute Gasteiger partial charge is 0.447 e. The molecule has 0 bridgehead atoms. The number of aromatic nitrogens is 2. The van der Waals surface area contributed by atoms with Crippen molar-refractivity contribution in [2.45, 2.75) is 38.6 Å².